The average molecular weight is 452 g/mol. The topological polar surface area (TPSA) is 96.3 Å². The van der Waals surface area contributed by atoms with Crippen LogP contribution in [-0.2, 0) is 6.42 Å². The summed E-state index contributed by atoms with van der Waals surface area (Å²) in [5.41, 5.74) is 2.80. The van der Waals surface area contributed by atoms with Crippen molar-refractivity contribution in [2.24, 2.45) is 4.99 Å². The van der Waals surface area contributed by atoms with Crippen LogP contribution in [0.5, 0.6) is 5.75 Å². The predicted octanol–water partition coefficient (Wildman–Crippen LogP) is 4.63. The summed E-state index contributed by atoms with van der Waals surface area (Å²) in [6, 6.07) is 15.2. The minimum atomic E-state index is -1.59. The number of pyridine rings is 2. The molecule has 0 saturated heterocycles. The first-order valence-corrected chi connectivity index (χ1v) is 11.2. The van der Waals surface area contributed by atoms with Crippen molar-refractivity contribution in [3.8, 4) is 28.4 Å². The van der Waals surface area contributed by atoms with Gasteiger partial charge in [-0.05, 0) is 72.2 Å². The number of aliphatic hydroxyl groups is 1. The third-order valence-electron chi connectivity index (χ3n) is 6.13. The van der Waals surface area contributed by atoms with E-state index in [9.17, 15) is 5.11 Å². The monoisotopic (exact) mass is 451 g/mol. The lowest BCUT2D eigenvalue weighted by molar-refractivity contribution is -0.174. The van der Waals surface area contributed by atoms with Crippen molar-refractivity contribution >= 4 is 6.21 Å². The van der Waals surface area contributed by atoms with Crippen LogP contribution in [0, 0.1) is 0 Å². The summed E-state index contributed by atoms with van der Waals surface area (Å²) < 4.78 is 6.28. The highest BCUT2D eigenvalue weighted by Gasteiger charge is 2.51. The Balaban J connectivity index is 1.41. The maximum absolute atomic E-state index is 11.8. The molecule has 4 aromatic rings. The van der Waals surface area contributed by atoms with E-state index in [0.717, 1.165) is 28.2 Å². The van der Waals surface area contributed by atoms with Gasteiger partial charge in [0.1, 0.15) is 17.1 Å². The summed E-state index contributed by atoms with van der Waals surface area (Å²) >= 11 is 0. The molecule has 0 amide bonds. The minimum absolute atomic E-state index is 0.244. The number of rotatable bonds is 8. The van der Waals surface area contributed by atoms with Crippen LogP contribution in [0.25, 0.3) is 22.6 Å². The molecule has 0 aliphatic carbocycles. The fourth-order valence-corrected chi connectivity index (χ4v) is 4.22. The van der Waals surface area contributed by atoms with Gasteiger partial charge in [0, 0.05) is 43.0 Å². The Morgan fingerprint density at radius 3 is 2.47 bits per heavy atom. The van der Waals surface area contributed by atoms with Gasteiger partial charge in [-0.15, -0.1) is 0 Å². The first-order chi connectivity index (χ1) is 16.6. The van der Waals surface area contributed by atoms with E-state index in [1.54, 1.807) is 37.2 Å². The normalized spacial score (nSPS) is 18.6. The molecule has 0 bridgehead atoms. The van der Waals surface area contributed by atoms with Gasteiger partial charge in [0.25, 0.3) is 0 Å². The van der Waals surface area contributed by atoms with Gasteiger partial charge in [-0.25, -0.2) is 4.98 Å². The van der Waals surface area contributed by atoms with Crippen LogP contribution in [0.3, 0.4) is 0 Å². The number of benzene rings is 1. The summed E-state index contributed by atoms with van der Waals surface area (Å²) in [6.07, 6.45) is 15.0. The molecule has 0 spiro atoms. The lowest BCUT2D eigenvalue weighted by Gasteiger charge is -2.41. The van der Waals surface area contributed by atoms with Gasteiger partial charge < -0.3 is 14.8 Å². The number of allylic oxidation sites excluding steroid dienone is 1. The number of nitrogens with one attached hydrogen (secondary N) is 1. The van der Waals surface area contributed by atoms with Crippen molar-refractivity contribution in [2.75, 3.05) is 0 Å². The highest BCUT2D eigenvalue weighted by atomic mass is 16.6. The summed E-state index contributed by atoms with van der Waals surface area (Å²) in [6.45, 7) is 1.99. The molecule has 5 rings (SSSR count). The Labute approximate surface area is 197 Å². The number of hydrogen-bond acceptors (Lipinski definition) is 6. The third-order valence-corrected chi connectivity index (χ3v) is 6.13. The van der Waals surface area contributed by atoms with Crippen molar-refractivity contribution in [3.63, 3.8) is 0 Å². The number of aromatic nitrogens is 4. The number of H-pyrrole nitrogens is 1. The quantitative estimate of drug-likeness (QED) is 0.381. The molecule has 1 aromatic carbocycles. The third kappa shape index (κ3) is 4.13. The molecular formula is C27H25N5O2. The van der Waals surface area contributed by atoms with Crippen LogP contribution in [0.4, 0.5) is 0 Å². The van der Waals surface area contributed by atoms with E-state index >= 15 is 0 Å². The molecule has 4 heterocycles. The average Bonchev–Trinajstić information content (AvgIpc) is 3.57. The standard InChI is InChI=1S/C27H25N5O2/c1-2-26(12-4-14-31-26)27(33,17-20-5-3-13-29-18-20)34-23-8-6-21(7-9-23)24-19-30-25(32-24)22-10-15-28-16-11-22/h3-16,18-19,33H,2,17H2,1H3,(H,30,32). The molecule has 170 valence electrons. The van der Waals surface area contributed by atoms with Crippen LogP contribution in [0.15, 0.2) is 96.7 Å². The number of hydrogen-bond donors (Lipinski definition) is 2. The zero-order valence-corrected chi connectivity index (χ0v) is 18.8. The van der Waals surface area contributed by atoms with Gasteiger partial charge in [-0.2, -0.15) is 0 Å². The van der Waals surface area contributed by atoms with Gasteiger partial charge in [-0.1, -0.05) is 13.0 Å². The van der Waals surface area contributed by atoms with Crippen LogP contribution in [-0.4, -0.2) is 42.6 Å². The Morgan fingerprint density at radius 2 is 1.79 bits per heavy atom. The summed E-state index contributed by atoms with van der Waals surface area (Å²) in [7, 11) is 0. The van der Waals surface area contributed by atoms with E-state index in [1.807, 2.05) is 67.6 Å². The smallest absolute Gasteiger partial charge is 0.241 e. The van der Waals surface area contributed by atoms with E-state index in [1.165, 1.54) is 0 Å². The molecule has 0 saturated carbocycles. The van der Waals surface area contributed by atoms with Crippen molar-refractivity contribution in [1.82, 2.24) is 19.9 Å². The zero-order chi connectivity index (χ0) is 23.4. The molecule has 7 heteroatoms. The molecule has 3 aromatic heterocycles. The largest absolute Gasteiger partial charge is 0.459 e. The van der Waals surface area contributed by atoms with Crippen LogP contribution in [0.1, 0.15) is 18.9 Å². The first-order valence-electron chi connectivity index (χ1n) is 11.2. The van der Waals surface area contributed by atoms with E-state index < -0.39 is 11.3 Å². The number of imidazole rings is 1. The molecule has 2 N–H and O–H groups in total. The number of aliphatic imine (C=N–C) groups is 1. The van der Waals surface area contributed by atoms with Gasteiger partial charge in [0.15, 0.2) is 0 Å². The Kier molecular flexibility index (Phi) is 5.77. The maximum atomic E-state index is 11.8. The summed E-state index contributed by atoms with van der Waals surface area (Å²) in [5.74, 6) is -0.259. The molecular weight excluding hydrogens is 426 g/mol. The molecule has 0 radical (unpaired) electrons. The first kappa shape index (κ1) is 21.7. The van der Waals surface area contributed by atoms with Gasteiger partial charge in [0.05, 0.1) is 11.9 Å². The fraction of sp³-hybridized carbons (Fsp3) is 0.185. The maximum Gasteiger partial charge on any atom is 0.241 e. The van der Waals surface area contributed by atoms with Crippen molar-refractivity contribution in [1.29, 1.82) is 0 Å². The van der Waals surface area contributed by atoms with Crippen LogP contribution < -0.4 is 4.74 Å². The second kappa shape index (κ2) is 9.03. The van der Waals surface area contributed by atoms with Crippen molar-refractivity contribution < 1.29 is 9.84 Å². The molecule has 2 atom stereocenters. The zero-order valence-electron chi connectivity index (χ0n) is 18.8. The fourth-order valence-electron chi connectivity index (χ4n) is 4.22. The van der Waals surface area contributed by atoms with Crippen LogP contribution in [0.2, 0.25) is 0 Å². The van der Waals surface area contributed by atoms with E-state index in [-0.39, 0.29) is 6.42 Å². The number of nitrogens with zero attached hydrogens (tertiary/aromatic N) is 4. The lowest BCUT2D eigenvalue weighted by atomic mass is 9.83. The van der Waals surface area contributed by atoms with Crippen LogP contribution >= 0.6 is 0 Å². The van der Waals surface area contributed by atoms with Crippen molar-refractivity contribution in [3.05, 3.63) is 97.2 Å². The molecule has 2 unspecified atom stereocenters. The van der Waals surface area contributed by atoms with E-state index in [0.29, 0.717) is 12.2 Å². The van der Waals surface area contributed by atoms with Gasteiger partial charge in [-0.3, -0.25) is 15.0 Å². The molecule has 0 fully saturated rings. The van der Waals surface area contributed by atoms with E-state index in [2.05, 4.69) is 24.9 Å². The second-order valence-corrected chi connectivity index (χ2v) is 8.25. The Morgan fingerprint density at radius 1 is 0.971 bits per heavy atom. The molecule has 1 aliphatic rings. The van der Waals surface area contributed by atoms with Gasteiger partial charge >= 0.3 is 0 Å². The number of aromatic amines is 1. The minimum Gasteiger partial charge on any atom is -0.459 e. The highest BCUT2D eigenvalue weighted by Crippen LogP contribution is 2.38. The van der Waals surface area contributed by atoms with Crippen molar-refractivity contribution in [2.45, 2.75) is 31.1 Å². The molecule has 34 heavy (non-hydrogen) atoms. The number of ether oxygens (including phenoxy) is 1. The molecule has 1 aliphatic heterocycles. The van der Waals surface area contributed by atoms with Gasteiger partial charge in [0.2, 0.25) is 5.79 Å². The molecule has 7 nitrogen and oxygen atoms in total. The second-order valence-electron chi connectivity index (χ2n) is 8.25. The predicted molar refractivity (Wildman–Crippen MR) is 131 cm³/mol. The highest BCUT2D eigenvalue weighted by molar-refractivity contribution is 5.75. The summed E-state index contributed by atoms with van der Waals surface area (Å²) in [4.78, 5) is 20.7. The Bertz CT molecular complexity index is 1290. The Hall–Kier alpha value is -4.10. The summed E-state index contributed by atoms with van der Waals surface area (Å²) in [5, 5.41) is 11.8. The van der Waals surface area contributed by atoms with E-state index in [4.69, 9.17) is 4.74 Å². The lowest BCUT2D eigenvalue weighted by Crippen LogP contribution is -2.56. The SMILES string of the molecule is CCC1(C(O)(Cc2cccnc2)Oc2ccc(-c3cnc(-c4ccncc4)[nH]3)cc2)C=CC=N1.